The number of anilines is 1. The number of ether oxygens (including phenoxy) is 4. The van der Waals surface area contributed by atoms with Gasteiger partial charge in [-0.3, -0.25) is 14.4 Å². The predicted octanol–water partition coefficient (Wildman–Crippen LogP) is 4.98. The molecule has 2 N–H and O–H groups in total. The first-order chi connectivity index (χ1) is 20.8. The molecule has 44 heavy (non-hydrogen) atoms. The topological polar surface area (TPSA) is 145 Å². The van der Waals surface area contributed by atoms with E-state index in [0.717, 1.165) is 11.3 Å². The molecule has 0 fully saturated rings. The van der Waals surface area contributed by atoms with Gasteiger partial charge in [-0.15, -0.1) is 11.3 Å². The van der Waals surface area contributed by atoms with Crippen LogP contribution in [0, 0.1) is 5.41 Å². The molecule has 13 heteroatoms. The van der Waals surface area contributed by atoms with Crippen LogP contribution in [0.15, 0.2) is 42.6 Å². The predicted molar refractivity (Wildman–Crippen MR) is 164 cm³/mol. The standard InChI is InChI=1S/C31H35ClN2O9S/c1-17(35)42-16-31(2,3)15-34-21-10-9-18(32)11-20(21)28(19-7-6-8-23(40-4)29(19)41-5)43-24(30(34)39)13-26-33-14-25(44-26)22(36)12-27(37)38/h6-11,14,22,24,28,36H,12-13,15-16H2,1-5H3,(H,37,38)/t22?,24-,28-/m1/s1. The van der Waals surface area contributed by atoms with Gasteiger partial charge in [-0.2, -0.15) is 0 Å². The third kappa shape index (κ3) is 7.68. The van der Waals surface area contributed by atoms with E-state index in [1.807, 2.05) is 19.9 Å². The summed E-state index contributed by atoms with van der Waals surface area (Å²) in [5.41, 5.74) is 1.13. The average Bonchev–Trinajstić information content (AvgIpc) is 3.41. The summed E-state index contributed by atoms with van der Waals surface area (Å²) in [4.78, 5) is 43.5. The summed E-state index contributed by atoms with van der Waals surface area (Å²) in [6.07, 6.45) is -2.16. The summed E-state index contributed by atoms with van der Waals surface area (Å²) < 4.78 is 23.2. The Bertz CT molecular complexity index is 1530. The van der Waals surface area contributed by atoms with E-state index in [9.17, 15) is 19.5 Å². The van der Waals surface area contributed by atoms with E-state index < -0.39 is 42.1 Å². The largest absolute Gasteiger partial charge is 0.493 e. The number of thiazole rings is 1. The van der Waals surface area contributed by atoms with Crippen LogP contribution in [0.4, 0.5) is 5.69 Å². The number of aliphatic hydroxyl groups excluding tert-OH is 1. The molecular weight excluding hydrogens is 612 g/mol. The summed E-state index contributed by atoms with van der Waals surface area (Å²) in [7, 11) is 3.04. The molecule has 4 rings (SSSR count). The monoisotopic (exact) mass is 646 g/mol. The molecule has 0 aliphatic carbocycles. The third-order valence-corrected chi connectivity index (χ3v) is 8.36. The Morgan fingerprint density at radius 2 is 1.93 bits per heavy atom. The van der Waals surface area contributed by atoms with Gasteiger partial charge in [0.25, 0.3) is 5.91 Å². The van der Waals surface area contributed by atoms with Gasteiger partial charge in [-0.25, -0.2) is 4.98 Å². The molecule has 1 aliphatic heterocycles. The molecule has 2 heterocycles. The minimum Gasteiger partial charge on any atom is -0.493 e. The second kappa shape index (κ2) is 13.9. The third-order valence-electron chi connectivity index (χ3n) is 7.00. The fourth-order valence-corrected chi connectivity index (χ4v) is 6.11. The van der Waals surface area contributed by atoms with Crippen LogP contribution in [0.5, 0.6) is 11.5 Å². The highest BCUT2D eigenvalue weighted by Gasteiger charge is 2.40. The quantitative estimate of drug-likeness (QED) is 0.259. The fraction of sp³-hybridized carbons (Fsp3) is 0.419. The van der Waals surface area contributed by atoms with Crippen molar-refractivity contribution in [3.8, 4) is 11.5 Å². The molecule has 0 radical (unpaired) electrons. The summed E-state index contributed by atoms with van der Waals surface area (Å²) in [5.74, 6) is -1.04. The van der Waals surface area contributed by atoms with E-state index in [4.69, 9.17) is 35.7 Å². The number of carbonyl (C=O) groups is 3. The molecule has 1 amide bonds. The average molecular weight is 647 g/mol. The molecule has 1 aromatic heterocycles. The first kappa shape index (κ1) is 33.2. The lowest BCUT2D eigenvalue weighted by atomic mass is 9.92. The number of para-hydroxylation sites is 1. The number of hydrogen-bond acceptors (Lipinski definition) is 10. The number of aliphatic hydroxyl groups is 1. The van der Waals surface area contributed by atoms with E-state index in [1.54, 1.807) is 35.2 Å². The second-order valence-electron chi connectivity index (χ2n) is 11.1. The number of rotatable bonds is 12. The summed E-state index contributed by atoms with van der Waals surface area (Å²) in [6, 6.07) is 10.6. The molecule has 1 unspecified atom stereocenters. The van der Waals surface area contributed by atoms with Crippen LogP contribution in [0.3, 0.4) is 0 Å². The number of halogens is 1. The van der Waals surface area contributed by atoms with Gasteiger partial charge in [0, 0.05) is 53.3 Å². The molecular formula is C31H35ClN2O9S. The number of aromatic nitrogens is 1. The molecule has 0 bridgehead atoms. The summed E-state index contributed by atoms with van der Waals surface area (Å²) in [5, 5.41) is 20.3. The van der Waals surface area contributed by atoms with Crippen LogP contribution in [-0.2, 0) is 30.3 Å². The number of carbonyl (C=O) groups excluding carboxylic acids is 2. The Labute approximate surface area is 264 Å². The van der Waals surface area contributed by atoms with E-state index in [1.165, 1.54) is 27.3 Å². The first-order valence-corrected chi connectivity index (χ1v) is 15.0. The molecule has 3 atom stereocenters. The van der Waals surface area contributed by atoms with Gasteiger partial charge in [0.2, 0.25) is 0 Å². The van der Waals surface area contributed by atoms with Gasteiger partial charge in [0.05, 0.1) is 37.1 Å². The van der Waals surface area contributed by atoms with Gasteiger partial charge in [-0.05, 0) is 24.3 Å². The van der Waals surface area contributed by atoms with E-state index in [2.05, 4.69) is 4.98 Å². The number of fused-ring (bicyclic) bond motifs is 1. The Morgan fingerprint density at radius 1 is 1.18 bits per heavy atom. The maximum absolute atomic E-state index is 14.4. The van der Waals surface area contributed by atoms with Crippen LogP contribution < -0.4 is 14.4 Å². The zero-order valence-corrected chi connectivity index (χ0v) is 26.6. The Hall–Kier alpha value is -3.71. The molecule has 0 saturated carbocycles. The van der Waals surface area contributed by atoms with Crippen molar-refractivity contribution in [1.29, 1.82) is 0 Å². The zero-order valence-electron chi connectivity index (χ0n) is 25.0. The van der Waals surface area contributed by atoms with Crippen LogP contribution in [0.1, 0.15) is 60.4 Å². The van der Waals surface area contributed by atoms with Crippen LogP contribution in [-0.4, -0.2) is 66.5 Å². The minimum absolute atomic E-state index is 0.0364. The first-order valence-electron chi connectivity index (χ1n) is 13.8. The van der Waals surface area contributed by atoms with E-state index in [0.29, 0.717) is 43.2 Å². The van der Waals surface area contributed by atoms with Crippen molar-refractivity contribution in [2.75, 3.05) is 32.3 Å². The zero-order chi connectivity index (χ0) is 32.2. The lowest BCUT2D eigenvalue weighted by Gasteiger charge is -2.33. The van der Waals surface area contributed by atoms with E-state index >= 15 is 0 Å². The minimum atomic E-state index is -1.23. The lowest BCUT2D eigenvalue weighted by molar-refractivity contribution is -0.144. The van der Waals surface area contributed by atoms with Crippen molar-refractivity contribution in [2.24, 2.45) is 5.41 Å². The number of aliphatic carboxylic acids is 1. The summed E-state index contributed by atoms with van der Waals surface area (Å²) in [6.45, 7) is 5.36. The van der Waals surface area contributed by atoms with Gasteiger partial charge >= 0.3 is 11.9 Å². The van der Waals surface area contributed by atoms with Crippen molar-refractivity contribution in [2.45, 2.75) is 51.9 Å². The smallest absolute Gasteiger partial charge is 0.306 e. The highest BCUT2D eigenvalue weighted by molar-refractivity contribution is 7.11. The number of hydrogen-bond donors (Lipinski definition) is 2. The molecule has 236 valence electrons. The molecule has 0 spiro atoms. The molecule has 3 aromatic rings. The van der Waals surface area contributed by atoms with Gasteiger partial charge in [0.1, 0.15) is 18.3 Å². The SMILES string of the molecule is COc1cccc([C@H]2O[C@H](Cc3ncc(C(O)CC(=O)O)s3)C(=O)N(CC(C)(C)COC(C)=O)c3ccc(Cl)cc32)c1OC. The second-order valence-corrected chi connectivity index (χ2v) is 12.7. The number of esters is 1. The molecule has 2 aromatic carbocycles. The Kier molecular flexibility index (Phi) is 10.5. The van der Waals surface area contributed by atoms with Crippen molar-refractivity contribution >= 4 is 46.5 Å². The highest BCUT2D eigenvalue weighted by atomic mass is 35.5. The number of nitrogens with zero attached hydrogens (tertiary/aromatic N) is 2. The van der Waals surface area contributed by atoms with Gasteiger partial charge in [0.15, 0.2) is 11.5 Å². The van der Waals surface area contributed by atoms with Crippen molar-refractivity contribution in [1.82, 2.24) is 4.98 Å². The van der Waals surface area contributed by atoms with Crippen molar-refractivity contribution in [3.63, 3.8) is 0 Å². The number of carboxylic acids is 1. The van der Waals surface area contributed by atoms with Crippen LogP contribution in [0.25, 0.3) is 0 Å². The number of carboxylic acid groups (broad SMARTS) is 1. The Morgan fingerprint density at radius 3 is 2.59 bits per heavy atom. The fourth-order valence-electron chi connectivity index (χ4n) is 5.00. The van der Waals surface area contributed by atoms with E-state index in [-0.39, 0.29) is 25.5 Å². The van der Waals surface area contributed by atoms with Crippen molar-refractivity contribution in [3.05, 3.63) is 68.6 Å². The maximum Gasteiger partial charge on any atom is 0.306 e. The number of amides is 1. The molecule has 11 nitrogen and oxygen atoms in total. The number of methoxy groups -OCH3 is 2. The molecule has 0 saturated heterocycles. The van der Waals surface area contributed by atoms with Crippen LogP contribution >= 0.6 is 22.9 Å². The van der Waals surface area contributed by atoms with Gasteiger partial charge in [-0.1, -0.05) is 37.6 Å². The summed E-state index contributed by atoms with van der Waals surface area (Å²) >= 11 is 7.61. The van der Waals surface area contributed by atoms with Crippen LogP contribution in [0.2, 0.25) is 5.02 Å². The number of benzene rings is 2. The van der Waals surface area contributed by atoms with Gasteiger partial charge < -0.3 is 34.1 Å². The van der Waals surface area contributed by atoms with Crippen molar-refractivity contribution < 1.29 is 43.5 Å². The highest BCUT2D eigenvalue weighted by Crippen LogP contribution is 2.46. The normalized spacial score (nSPS) is 17.4. The molecule has 1 aliphatic rings. The maximum atomic E-state index is 14.4. The Balaban J connectivity index is 1.83. The lowest BCUT2D eigenvalue weighted by Crippen LogP contribution is -2.46.